The van der Waals surface area contributed by atoms with Crippen LogP contribution < -0.4 is 5.32 Å². The number of piperidine rings is 2. The molecule has 1 unspecified atom stereocenters. The number of aromatic nitrogens is 1. The molecule has 7 heteroatoms. The number of amides is 3. The SMILES string of the molecule is Cc1cccc(NC(=O)N2CCC(C(=O)N3CCCC(c4nccs4)C3)CC2)c1. The first kappa shape index (κ1) is 19.9. The number of urea groups is 1. The highest BCUT2D eigenvalue weighted by Gasteiger charge is 2.33. The van der Waals surface area contributed by atoms with Crippen LogP contribution in [0, 0.1) is 12.8 Å². The van der Waals surface area contributed by atoms with Gasteiger partial charge in [0.2, 0.25) is 5.91 Å². The van der Waals surface area contributed by atoms with Gasteiger partial charge < -0.3 is 15.1 Å². The number of likely N-dealkylation sites (tertiary alicyclic amines) is 2. The summed E-state index contributed by atoms with van der Waals surface area (Å²) in [6.45, 7) is 4.87. The standard InChI is InChI=1S/C22H28N4O2S/c1-16-4-2-6-19(14-16)24-22(28)25-11-7-17(8-12-25)21(27)26-10-3-5-18(15-26)20-23-9-13-29-20/h2,4,6,9,13-14,17-18H,3,5,7-8,10-12,15H2,1H3,(H,24,28). The summed E-state index contributed by atoms with van der Waals surface area (Å²) in [6.07, 6.45) is 5.46. The lowest BCUT2D eigenvalue weighted by molar-refractivity contribution is -0.138. The molecule has 6 nitrogen and oxygen atoms in total. The second-order valence-corrected chi connectivity index (χ2v) is 8.98. The molecule has 1 aromatic carbocycles. The summed E-state index contributed by atoms with van der Waals surface area (Å²) in [5.41, 5.74) is 1.93. The van der Waals surface area contributed by atoms with Gasteiger partial charge in [-0.05, 0) is 50.3 Å². The topological polar surface area (TPSA) is 65.5 Å². The lowest BCUT2D eigenvalue weighted by Crippen LogP contribution is -2.47. The second kappa shape index (κ2) is 8.95. The molecule has 3 amide bonds. The van der Waals surface area contributed by atoms with E-state index in [9.17, 15) is 9.59 Å². The van der Waals surface area contributed by atoms with Gasteiger partial charge >= 0.3 is 6.03 Å². The van der Waals surface area contributed by atoms with Crippen LogP contribution in [0.5, 0.6) is 0 Å². The summed E-state index contributed by atoms with van der Waals surface area (Å²) in [5.74, 6) is 0.644. The van der Waals surface area contributed by atoms with Gasteiger partial charge in [0.1, 0.15) is 0 Å². The highest BCUT2D eigenvalue weighted by molar-refractivity contribution is 7.09. The van der Waals surface area contributed by atoms with Gasteiger partial charge in [-0.15, -0.1) is 11.3 Å². The Kier molecular flexibility index (Phi) is 6.13. The minimum atomic E-state index is -0.0803. The van der Waals surface area contributed by atoms with Crippen LogP contribution in [0.3, 0.4) is 0 Å². The van der Waals surface area contributed by atoms with E-state index in [1.807, 2.05) is 52.6 Å². The third-order valence-electron chi connectivity index (χ3n) is 5.93. The molecule has 0 radical (unpaired) electrons. The Hall–Kier alpha value is -2.41. The Balaban J connectivity index is 1.28. The Bertz CT molecular complexity index is 846. The number of hydrogen-bond donors (Lipinski definition) is 1. The predicted molar refractivity (Wildman–Crippen MR) is 115 cm³/mol. The molecule has 1 N–H and O–H groups in total. The molecule has 29 heavy (non-hydrogen) atoms. The highest BCUT2D eigenvalue weighted by atomic mass is 32.1. The number of aryl methyl sites for hydroxylation is 1. The molecule has 0 spiro atoms. The Morgan fingerprint density at radius 3 is 2.69 bits per heavy atom. The zero-order chi connectivity index (χ0) is 20.2. The molecule has 1 atom stereocenters. The van der Waals surface area contributed by atoms with Gasteiger partial charge in [-0.2, -0.15) is 0 Å². The molecule has 0 bridgehead atoms. The third-order valence-corrected chi connectivity index (χ3v) is 6.87. The van der Waals surface area contributed by atoms with E-state index in [2.05, 4.69) is 10.3 Å². The van der Waals surface area contributed by atoms with E-state index in [0.29, 0.717) is 19.0 Å². The van der Waals surface area contributed by atoms with Crippen LogP contribution in [0.1, 0.15) is 42.2 Å². The molecular formula is C22H28N4O2S. The van der Waals surface area contributed by atoms with Crippen LogP contribution in [-0.2, 0) is 4.79 Å². The largest absolute Gasteiger partial charge is 0.342 e. The molecule has 2 aliphatic heterocycles. The van der Waals surface area contributed by atoms with Crippen LogP contribution in [0.15, 0.2) is 35.8 Å². The van der Waals surface area contributed by atoms with Crippen molar-refractivity contribution in [2.75, 3.05) is 31.5 Å². The van der Waals surface area contributed by atoms with E-state index in [1.165, 1.54) is 0 Å². The van der Waals surface area contributed by atoms with Crippen LogP contribution >= 0.6 is 11.3 Å². The van der Waals surface area contributed by atoms with E-state index >= 15 is 0 Å². The van der Waals surface area contributed by atoms with Gasteiger partial charge in [0.25, 0.3) is 0 Å². The molecule has 0 saturated carbocycles. The van der Waals surface area contributed by atoms with Gasteiger partial charge in [-0.3, -0.25) is 4.79 Å². The van der Waals surface area contributed by atoms with Crippen molar-refractivity contribution in [3.05, 3.63) is 46.4 Å². The fourth-order valence-electron chi connectivity index (χ4n) is 4.33. The number of thiazole rings is 1. The second-order valence-electron chi connectivity index (χ2n) is 8.05. The quantitative estimate of drug-likeness (QED) is 0.825. The van der Waals surface area contributed by atoms with Crippen molar-refractivity contribution in [3.8, 4) is 0 Å². The van der Waals surface area contributed by atoms with Crippen molar-refractivity contribution in [2.45, 2.75) is 38.5 Å². The summed E-state index contributed by atoms with van der Waals surface area (Å²) in [6, 6.07) is 7.72. The average Bonchev–Trinajstić information content (AvgIpc) is 3.28. The van der Waals surface area contributed by atoms with Crippen LogP contribution in [0.4, 0.5) is 10.5 Å². The maximum atomic E-state index is 13.1. The minimum absolute atomic E-state index is 0.0214. The Morgan fingerprint density at radius 2 is 1.97 bits per heavy atom. The lowest BCUT2D eigenvalue weighted by atomic mass is 9.92. The summed E-state index contributed by atoms with van der Waals surface area (Å²) >= 11 is 1.68. The van der Waals surface area contributed by atoms with Crippen molar-refractivity contribution in [1.82, 2.24) is 14.8 Å². The van der Waals surface area contributed by atoms with Crippen molar-refractivity contribution in [1.29, 1.82) is 0 Å². The Morgan fingerprint density at radius 1 is 1.14 bits per heavy atom. The van der Waals surface area contributed by atoms with Crippen molar-refractivity contribution in [3.63, 3.8) is 0 Å². The molecule has 1 aromatic heterocycles. The van der Waals surface area contributed by atoms with Gasteiger partial charge in [-0.25, -0.2) is 9.78 Å². The summed E-state index contributed by atoms with van der Waals surface area (Å²) < 4.78 is 0. The van der Waals surface area contributed by atoms with Crippen molar-refractivity contribution >= 4 is 29.0 Å². The first-order valence-corrected chi connectivity index (χ1v) is 11.3. The fraction of sp³-hybridized carbons (Fsp3) is 0.500. The third kappa shape index (κ3) is 4.78. The molecule has 0 aliphatic carbocycles. The number of benzene rings is 1. The molecule has 4 rings (SSSR count). The zero-order valence-electron chi connectivity index (χ0n) is 16.8. The van der Waals surface area contributed by atoms with Crippen LogP contribution in [0.2, 0.25) is 0 Å². The Labute approximate surface area is 175 Å². The fourth-order valence-corrected chi connectivity index (χ4v) is 5.10. The van der Waals surface area contributed by atoms with Gasteiger partial charge in [0.05, 0.1) is 5.01 Å². The maximum absolute atomic E-state index is 13.1. The van der Waals surface area contributed by atoms with Crippen LogP contribution in [0.25, 0.3) is 0 Å². The number of hydrogen-bond acceptors (Lipinski definition) is 4. The van der Waals surface area contributed by atoms with Crippen molar-refractivity contribution < 1.29 is 9.59 Å². The number of nitrogens with zero attached hydrogens (tertiary/aromatic N) is 3. The van der Waals surface area contributed by atoms with Gasteiger partial charge in [-0.1, -0.05) is 12.1 Å². The van der Waals surface area contributed by atoms with E-state index in [1.54, 1.807) is 11.3 Å². The van der Waals surface area contributed by atoms with Gasteiger partial charge in [0, 0.05) is 55.3 Å². The predicted octanol–water partition coefficient (Wildman–Crippen LogP) is 4.10. The van der Waals surface area contributed by atoms with Gasteiger partial charge in [0.15, 0.2) is 0 Å². The number of carbonyl (C=O) groups excluding carboxylic acids is 2. The van der Waals surface area contributed by atoms with E-state index in [0.717, 1.165) is 55.0 Å². The maximum Gasteiger partial charge on any atom is 0.321 e. The van der Waals surface area contributed by atoms with E-state index < -0.39 is 0 Å². The van der Waals surface area contributed by atoms with E-state index in [4.69, 9.17) is 0 Å². The molecule has 3 heterocycles. The van der Waals surface area contributed by atoms with E-state index in [-0.39, 0.29) is 17.9 Å². The number of anilines is 1. The first-order chi connectivity index (χ1) is 14.1. The highest BCUT2D eigenvalue weighted by Crippen LogP contribution is 2.30. The number of rotatable bonds is 3. The zero-order valence-corrected chi connectivity index (χ0v) is 17.7. The first-order valence-electron chi connectivity index (χ1n) is 10.4. The summed E-state index contributed by atoms with van der Waals surface area (Å²) in [4.78, 5) is 33.9. The molecule has 2 saturated heterocycles. The average molecular weight is 413 g/mol. The molecular weight excluding hydrogens is 384 g/mol. The number of carbonyl (C=O) groups is 2. The minimum Gasteiger partial charge on any atom is -0.342 e. The summed E-state index contributed by atoms with van der Waals surface area (Å²) in [7, 11) is 0. The monoisotopic (exact) mass is 412 g/mol. The normalized spacial score (nSPS) is 20.5. The number of nitrogens with one attached hydrogen (secondary N) is 1. The molecule has 2 aromatic rings. The molecule has 2 aliphatic rings. The molecule has 154 valence electrons. The van der Waals surface area contributed by atoms with Crippen LogP contribution in [-0.4, -0.2) is 52.9 Å². The smallest absolute Gasteiger partial charge is 0.321 e. The van der Waals surface area contributed by atoms with Crippen molar-refractivity contribution in [2.24, 2.45) is 5.92 Å². The molecule has 2 fully saturated rings. The summed E-state index contributed by atoms with van der Waals surface area (Å²) in [5, 5.41) is 6.12. The lowest BCUT2D eigenvalue weighted by Gasteiger charge is -2.37.